The topological polar surface area (TPSA) is 93.8 Å². The fourth-order valence-electron chi connectivity index (χ4n) is 3.14. The first-order chi connectivity index (χ1) is 12.5. The second-order valence-electron chi connectivity index (χ2n) is 6.84. The van der Waals surface area contributed by atoms with E-state index in [-0.39, 0.29) is 17.9 Å². The molecular weight excluding hydrogens is 332 g/mol. The Morgan fingerprint density at radius 1 is 1.38 bits per heavy atom. The smallest absolute Gasteiger partial charge is 0.246 e. The molecule has 1 saturated heterocycles. The molecular formula is C17H26N8O. The molecule has 26 heavy (non-hydrogen) atoms. The van der Waals surface area contributed by atoms with Crippen LogP contribution in [-0.4, -0.2) is 59.7 Å². The predicted molar refractivity (Wildman–Crippen MR) is 96.0 cm³/mol. The van der Waals surface area contributed by atoms with Crippen LogP contribution in [0.5, 0.6) is 0 Å². The first-order valence-corrected chi connectivity index (χ1v) is 8.86. The molecule has 2 aromatic heterocycles. The summed E-state index contributed by atoms with van der Waals surface area (Å²) in [6.45, 7) is 5.83. The molecule has 0 aromatic carbocycles. The van der Waals surface area contributed by atoms with Crippen molar-refractivity contribution in [3.05, 3.63) is 35.7 Å². The number of nitrogens with zero attached hydrogens (tertiary/aromatic N) is 7. The van der Waals surface area contributed by atoms with Crippen molar-refractivity contribution in [3.8, 4) is 0 Å². The van der Waals surface area contributed by atoms with Crippen LogP contribution in [0.3, 0.4) is 0 Å². The molecule has 1 aliphatic heterocycles. The van der Waals surface area contributed by atoms with Crippen LogP contribution in [-0.2, 0) is 25.4 Å². The van der Waals surface area contributed by atoms with E-state index in [1.54, 1.807) is 19.5 Å². The molecule has 2 aromatic rings. The molecule has 0 aliphatic carbocycles. The molecule has 1 aliphatic rings. The van der Waals surface area contributed by atoms with Gasteiger partial charge in [-0.2, -0.15) is 4.80 Å². The van der Waals surface area contributed by atoms with Crippen molar-refractivity contribution in [1.29, 1.82) is 0 Å². The van der Waals surface area contributed by atoms with Crippen LogP contribution in [0.4, 0.5) is 0 Å². The molecule has 1 fully saturated rings. The molecule has 140 valence electrons. The van der Waals surface area contributed by atoms with Crippen LogP contribution in [0.1, 0.15) is 37.7 Å². The van der Waals surface area contributed by atoms with Gasteiger partial charge in [0.15, 0.2) is 5.82 Å². The average Bonchev–Trinajstić information content (AvgIpc) is 3.32. The molecule has 9 heteroatoms. The van der Waals surface area contributed by atoms with E-state index in [2.05, 4.69) is 32.6 Å². The summed E-state index contributed by atoms with van der Waals surface area (Å²) in [5, 5.41) is 15.5. The molecule has 3 heterocycles. The third kappa shape index (κ3) is 4.16. The molecule has 2 atom stereocenters. The Hall–Kier alpha value is -2.55. The number of amides is 1. The lowest BCUT2D eigenvalue weighted by Crippen LogP contribution is -2.36. The van der Waals surface area contributed by atoms with Crippen molar-refractivity contribution in [2.24, 2.45) is 14.1 Å². The first kappa shape index (κ1) is 18.2. The fraction of sp³-hybridized carbons (Fsp3) is 0.588. The Balaban J connectivity index is 1.73. The zero-order valence-electron chi connectivity index (χ0n) is 15.8. The Kier molecular flexibility index (Phi) is 5.46. The van der Waals surface area contributed by atoms with Crippen molar-refractivity contribution < 1.29 is 4.79 Å². The van der Waals surface area contributed by atoms with Gasteiger partial charge in [0.1, 0.15) is 0 Å². The number of tetrazole rings is 1. The van der Waals surface area contributed by atoms with Crippen LogP contribution >= 0.6 is 0 Å². The lowest BCUT2D eigenvalue weighted by atomic mass is 10.0. The van der Waals surface area contributed by atoms with Gasteiger partial charge in [-0.05, 0) is 18.6 Å². The van der Waals surface area contributed by atoms with E-state index in [9.17, 15) is 4.79 Å². The van der Waals surface area contributed by atoms with E-state index >= 15 is 0 Å². The van der Waals surface area contributed by atoms with Gasteiger partial charge in [-0.1, -0.05) is 12.5 Å². The molecule has 9 nitrogen and oxygen atoms in total. The summed E-state index contributed by atoms with van der Waals surface area (Å²) in [6.07, 6.45) is 6.43. The summed E-state index contributed by atoms with van der Waals surface area (Å²) in [7, 11) is 3.69. The number of carbonyl (C=O) groups excluding carboxylic acids is 1. The van der Waals surface area contributed by atoms with Crippen molar-refractivity contribution in [1.82, 2.24) is 40.0 Å². The number of aromatic nitrogens is 6. The van der Waals surface area contributed by atoms with Gasteiger partial charge >= 0.3 is 0 Å². The number of likely N-dealkylation sites (tertiary alicyclic amines) is 1. The Morgan fingerprint density at radius 3 is 2.81 bits per heavy atom. The number of allylic oxidation sites excluding steroid dienone is 1. The third-order valence-corrected chi connectivity index (χ3v) is 4.74. The van der Waals surface area contributed by atoms with Gasteiger partial charge in [0, 0.05) is 44.4 Å². The number of imidazole rings is 1. The quantitative estimate of drug-likeness (QED) is 0.751. The molecule has 0 spiro atoms. The normalized spacial score (nSPS) is 20.8. The van der Waals surface area contributed by atoms with E-state index in [1.165, 1.54) is 4.80 Å². The molecule has 1 N–H and O–H groups in total. The van der Waals surface area contributed by atoms with Crippen molar-refractivity contribution >= 4 is 5.91 Å². The minimum absolute atomic E-state index is 0.0622. The number of carbonyl (C=O) groups is 1. The van der Waals surface area contributed by atoms with Gasteiger partial charge in [0.25, 0.3) is 0 Å². The van der Waals surface area contributed by atoms with E-state index < -0.39 is 0 Å². The molecule has 0 radical (unpaired) electrons. The van der Waals surface area contributed by atoms with Crippen LogP contribution in [0.2, 0.25) is 0 Å². The van der Waals surface area contributed by atoms with E-state index in [0.29, 0.717) is 25.5 Å². The van der Waals surface area contributed by atoms with Crippen LogP contribution in [0.25, 0.3) is 0 Å². The Bertz CT molecular complexity index is 792. The van der Waals surface area contributed by atoms with E-state index in [1.807, 2.05) is 29.6 Å². The summed E-state index contributed by atoms with van der Waals surface area (Å²) >= 11 is 0. The number of nitrogens with one attached hydrogen (secondary N) is 1. The highest BCUT2D eigenvalue weighted by molar-refractivity contribution is 5.88. The summed E-state index contributed by atoms with van der Waals surface area (Å²) in [5.74, 6) is 0.832. The summed E-state index contributed by atoms with van der Waals surface area (Å²) in [4.78, 5) is 20.4. The number of rotatable bonds is 6. The third-order valence-electron chi connectivity index (χ3n) is 4.74. The van der Waals surface area contributed by atoms with Gasteiger partial charge in [-0.15, -0.1) is 10.2 Å². The maximum absolute atomic E-state index is 12.6. The van der Waals surface area contributed by atoms with E-state index in [4.69, 9.17) is 0 Å². The average molecular weight is 358 g/mol. The maximum Gasteiger partial charge on any atom is 0.246 e. The second-order valence-corrected chi connectivity index (χ2v) is 6.84. The summed E-state index contributed by atoms with van der Waals surface area (Å²) in [5.41, 5.74) is 2.08. The van der Waals surface area contributed by atoms with Crippen LogP contribution < -0.4 is 5.32 Å². The van der Waals surface area contributed by atoms with Crippen LogP contribution in [0, 0.1) is 0 Å². The van der Waals surface area contributed by atoms with Crippen LogP contribution in [0.15, 0.2) is 24.2 Å². The molecule has 3 rings (SSSR count). The lowest BCUT2D eigenvalue weighted by Gasteiger charge is -2.17. The zero-order valence-corrected chi connectivity index (χ0v) is 15.8. The standard InChI is InChI=1S/C17H26N8O/c1-5-12(2)6-17(26)25-8-13(14-9-23(3)11-19-14)15(10-25)18-7-16-20-22-24(4)21-16/h6,9,11,13,15,18H,5,7-8,10H2,1-4H3/b12-6+/t13-,15+/m0/s1. The Morgan fingerprint density at radius 2 is 2.19 bits per heavy atom. The highest BCUT2D eigenvalue weighted by Gasteiger charge is 2.36. The highest BCUT2D eigenvalue weighted by Crippen LogP contribution is 2.27. The predicted octanol–water partition coefficient (Wildman–Crippen LogP) is 0.384. The minimum Gasteiger partial charge on any atom is -0.340 e. The lowest BCUT2D eigenvalue weighted by molar-refractivity contribution is -0.125. The minimum atomic E-state index is 0.0622. The molecule has 0 unspecified atom stereocenters. The van der Waals surface area contributed by atoms with Crippen molar-refractivity contribution in [3.63, 3.8) is 0 Å². The van der Waals surface area contributed by atoms with Gasteiger partial charge in [0.05, 0.1) is 25.6 Å². The fourth-order valence-corrected chi connectivity index (χ4v) is 3.14. The SMILES string of the molecule is CC/C(C)=C/C(=O)N1C[C@@H](NCc2nnn(C)n2)[C@H](c2cn(C)cn2)C1. The molecule has 0 saturated carbocycles. The van der Waals surface area contributed by atoms with Gasteiger partial charge in [-0.3, -0.25) is 4.79 Å². The highest BCUT2D eigenvalue weighted by atomic mass is 16.2. The Labute approximate surface area is 153 Å². The van der Waals surface area contributed by atoms with Crippen molar-refractivity contribution in [2.75, 3.05) is 13.1 Å². The molecule has 0 bridgehead atoms. The summed E-state index contributed by atoms with van der Waals surface area (Å²) in [6, 6.07) is 0.0907. The van der Waals surface area contributed by atoms with E-state index in [0.717, 1.165) is 17.7 Å². The largest absolute Gasteiger partial charge is 0.340 e. The maximum atomic E-state index is 12.6. The van der Waals surface area contributed by atoms with Gasteiger partial charge in [0.2, 0.25) is 5.91 Å². The second kappa shape index (κ2) is 7.77. The molecule has 1 amide bonds. The zero-order chi connectivity index (χ0) is 18.7. The summed E-state index contributed by atoms with van der Waals surface area (Å²) < 4.78 is 1.93. The number of hydrogen-bond donors (Lipinski definition) is 1. The van der Waals surface area contributed by atoms with Gasteiger partial charge in [-0.25, -0.2) is 4.98 Å². The number of aryl methyl sites for hydroxylation is 2. The van der Waals surface area contributed by atoms with Crippen molar-refractivity contribution in [2.45, 2.75) is 38.8 Å². The monoisotopic (exact) mass is 358 g/mol. The number of hydrogen-bond acceptors (Lipinski definition) is 6. The van der Waals surface area contributed by atoms with Gasteiger partial charge < -0.3 is 14.8 Å². The first-order valence-electron chi connectivity index (χ1n) is 8.86.